The summed E-state index contributed by atoms with van der Waals surface area (Å²) in [6, 6.07) is 14.5. The minimum absolute atomic E-state index is 0.136. The molecule has 4 rings (SSSR count). The Bertz CT molecular complexity index is 1180. The Morgan fingerprint density at radius 3 is 2.43 bits per heavy atom. The van der Waals surface area contributed by atoms with Gasteiger partial charge in [0.2, 0.25) is 17.7 Å². The molecule has 2 heterocycles. The Morgan fingerprint density at radius 2 is 1.71 bits per heavy atom. The summed E-state index contributed by atoms with van der Waals surface area (Å²) < 4.78 is 0. The molecular formula is C27H32N4O3S. The second-order valence-electron chi connectivity index (χ2n) is 9.14. The monoisotopic (exact) mass is 492 g/mol. The topological polar surface area (TPSA) is 94.3 Å². The molecule has 3 amide bonds. The lowest BCUT2D eigenvalue weighted by Crippen LogP contribution is -2.46. The minimum Gasteiger partial charge on any atom is -0.361 e. The smallest absolute Gasteiger partial charge is 0.247 e. The molecule has 1 unspecified atom stereocenters. The normalized spacial score (nSPS) is 14.7. The van der Waals surface area contributed by atoms with Crippen LogP contribution in [-0.2, 0) is 27.2 Å². The van der Waals surface area contributed by atoms with E-state index in [0.29, 0.717) is 18.5 Å². The van der Waals surface area contributed by atoms with E-state index in [0.717, 1.165) is 46.6 Å². The van der Waals surface area contributed by atoms with Crippen LogP contribution in [0.3, 0.4) is 0 Å². The molecule has 2 aromatic carbocycles. The number of para-hydroxylation sites is 1. The van der Waals surface area contributed by atoms with Gasteiger partial charge in [-0.3, -0.25) is 14.4 Å². The Kier molecular flexibility index (Phi) is 8.13. The predicted molar refractivity (Wildman–Crippen MR) is 141 cm³/mol. The van der Waals surface area contributed by atoms with E-state index in [9.17, 15) is 14.4 Å². The summed E-state index contributed by atoms with van der Waals surface area (Å²) in [6.45, 7) is 5.21. The van der Waals surface area contributed by atoms with E-state index in [1.807, 2.05) is 59.3 Å². The zero-order chi connectivity index (χ0) is 24.8. The van der Waals surface area contributed by atoms with Crippen molar-refractivity contribution in [2.45, 2.75) is 32.7 Å². The van der Waals surface area contributed by atoms with Crippen molar-refractivity contribution in [2.24, 2.45) is 5.92 Å². The van der Waals surface area contributed by atoms with E-state index >= 15 is 0 Å². The molecule has 3 aromatic rings. The maximum absolute atomic E-state index is 13.2. The molecule has 7 nitrogen and oxygen atoms in total. The lowest BCUT2D eigenvalue weighted by Gasteiger charge is -2.26. The summed E-state index contributed by atoms with van der Waals surface area (Å²) in [7, 11) is 0. The van der Waals surface area contributed by atoms with E-state index in [2.05, 4.69) is 15.6 Å². The van der Waals surface area contributed by atoms with Crippen molar-refractivity contribution in [1.82, 2.24) is 15.2 Å². The quantitative estimate of drug-likeness (QED) is 0.448. The zero-order valence-electron chi connectivity index (χ0n) is 20.2. The van der Waals surface area contributed by atoms with Crippen molar-refractivity contribution in [3.8, 4) is 0 Å². The van der Waals surface area contributed by atoms with Crippen LogP contribution in [-0.4, -0.2) is 58.2 Å². The molecular weight excluding hydrogens is 460 g/mol. The molecule has 1 aromatic heterocycles. The highest BCUT2D eigenvalue weighted by Crippen LogP contribution is 2.20. The molecule has 0 bridgehead atoms. The maximum Gasteiger partial charge on any atom is 0.247 e. The Balaban J connectivity index is 1.42. The van der Waals surface area contributed by atoms with Crippen LogP contribution in [0.4, 0.5) is 5.69 Å². The number of nitrogens with one attached hydrogen (secondary N) is 3. The van der Waals surface area contributed by atoms with Gasteiger partial charge in [0.25, 0.3) is 0 Å². The fourth-order valence-corrected chi connectivity index (χ4v) is 5.01. The van der Waals surface area contributed by atoms with Gasteiger partial charge in [0.15, 0.2) is 0 Å². The zero-order valence-corrected chi connectivity index (χ0v) is 21.0. The summed E-state index contributed by atoms with van der Waals surface area (Å²) in [5, 5.41) is 6.86. The van der Waals surface area contributed by atoms with Gasteiger partial charge in [-0.15, -0.1) is 0 Å². The Morgan fingerprint density at radius 1 is 1.00 bits per heavy atom. The van der Waals surface area contributed by atoms with Gasteiger partial charge in [0, 0.05) is 59.7 Å². The fraction of sp³-hybridized carbons (Fsp3) is 0.370. The first kappa shape index (κ1) is 24.9. The number of carbonyl (C=O) groups is 3. The standard InChI is InChI=1S/C27H32N4O3S/c1-18(2)26(33)30-24(16-20-17-28-23-6-4-3-5-22(20)23)27(34)29-21-9-7-19(8-10-21)15-25(32)31-11-13-35-14-12-31/h3-10,17-18,24,28H,11-16H2,1-2H3,(H,29,34)(H,30,33). The van der Waals surface area contributed by atoms with Gasteiger partial charge in [-0.2, -0.15) is 11.8 Å². The maximum atomic E-state index is 13.2. The number of aromatic nitrogens is 1. The number of aromatic amines is 1. The Hall–Kier alpha value is -3.26. The first-order valence-electron chi connectivity index (χ1n) is 12.0. The molecule has 0 saturated carbocycles. The lowest BCUT2D eigenvalue weighted by molar-refractivity contribution is -0.130. The van der Waals surface area contributed by atoms with Gasteiger partial charge in [-0.25, -0.2) is 0 Å². The van der Waals surface area contributed by atoms with E-state index < -0.39 is 6.04 Å². The first-order chi connectivity index (χ1) is 16.9. The Labute approximate surface area is 210 Å². The fourth-order valence-electron chi connectivity index (χ4n) is 4.10. The molecule has 0 aliphatic carbocycles. The van der Waals surface area contributed by atoms with Crippen molar-refractivity contribution < 1.29 is 14.4 Å². The number of thioether (sulfide) groups is 1. The summed E-state index contributed by atoms with van der Waals surface area (Å²) in [6.07, 6.45) is 2.61. The minimum atomic E-state index is -0.720. The number of hydrogen-bond acceptors (Lipinski definition) is 4. The van der Waals surface area contributed by atoms with Crippen LogP contribution >= 0.6 is 11.8 Å². The van der Waals surface area contributed by atoms with Crippen LogP contribution in [0, 0.1) is 5.92 Å². The number of anilines is 1. The molecule has 35 heavy (non-hydrogen) atoms. The van der Waals surface area contributed by atoms with Gasteiger partial charge >= 0.3 is 0 Å². The summed E-state index contributed by atoms with van der Waals surface area (Å²) in [5.74, 6) is 1.43. The number of H-pyrrole nitrogens is 1. The van der Waals surface area contributed by atoms with E-state index in [-0.39, 0.29) is 23.6 Å². The highest BCUT2D eigenvalue weighted by Gasteiger charge is 2.24. The second kappa shape index (κ2) is 11.4. The van der Waals surface area contributed by atoms with Gasteiger partial charge in [0.05, 0.1) is 6.42 Å². The number of nitrogens with zero attached hydrogens (tertiary/aromatic N) is 1. The van der Waals surface area contributed by atoms with Crippen molar-refractivity contribution in [1.29, 1.82) is 0 Å². The number of fused-ring (bicyclic) bond motifs is 1. The SMILES string of the molecule is CC(C)C(=O)NC(Cc1c[nH]c2ccccc12)C(=O)Nc1ccc(CC(=O)N2CCSCC2)cc1. The van der Waals surface area contributed by atoms with Crippen LogP contribution in [0.1, 0.15) is 25.0 Å². The van der Waals surface area contributed by atoms with Crippen LogP contribution in [0.5, 0.6) is 0 Å². The molecule has 1 atom stereocenters. The summed E-state index contributed by atoms with van der Waals surface area (Å²) in [5.41, 5.74) is 3.50. The molecule has 0 spiro atoms. The third-order valence-electron chi connectivity index (χ3n) is 6.20. The molecule has 1 saturated heterocycles. The summed E-state index contributed by atoms with van der Waals surface area (Å²) >= 11 is 1.88. The third kappa shape index (κ3) is 6.45. The molecule has 0 radical (unpaired) electrons. The molecule has 1 aliphatic heterocycles. The second-order valence-corrected chi connectivity index (χ2v) is 10.4. The summed E-state index contributed by atoms with van der Waals surface area (Å²) in [4.78, 5) is 43.3. The number of rotatable bonds is 8. The van der Waals surface area contributed by atoms with Crippen molar-refractivity contribution in [2.75, 3.05) is 29.9 Å². The molecule has 1 fully saturated rings. The van der Waals surface area contributed by atoms with Crippen molar-refractivity contribution >= 4 is 46.1 Å². The van der Waals surface area contributed by atoms with Crippen molar-refractivity contribution in [3.05, 3.63) is 65.9 Å². The van der Waals surface area contributed by atoms with E-state index in [1.54, 1.807) is 26.0 Å². The van der Waals surface area contributed by atoms with Crippen LogP contribution in [0.15, 0.2) is 54.7 Å². The number of hydrogen-bond donors (Lipinski definition) is 3. The van der Waals surface area contributed by atoms with E-state index in [4.69, 9.17) is 0 Å². The van der Waals surface area contributed by atoms with Crippen LogP contribution in [0.25, 0.3) is 10.9 Å². The van der Waals surface area contributed by atoms with Gasteiger partial charge in [-0.1, -0.05) is 44.2 Å². The number of benzene rings is 2. The van der Waals surface area contributed by atoms with Crippen LogP contribution < -0.4 is 10.6 Å². The highest BCUT2D eigenvalue weighted by molar-refractivity contribution is 7.99. The van der Waals surface area contributed by atoms with E-state index in [1.165, 1.54) is 0 Å². The third-order valence-corrected chi connectivity index (χ3v) is 7.14. The molecule has 1 aliphatic rings. The lowest BCUT2D eigenvalue weighted by atomic mass is 10.0. The van der Waals surface area contributed by atoms with Gasteiger partial charge in [-0.05, 0) is 29.3 Å². The average molecular weight is 493 g/mol. The van der Waals surface area contributed by atoms with Gasteiger partial charge < -0.3 is 20.5 Å². The largest absolute Gasteiger partial charge is 0.361 e. The van der Waals surface area contributed by atoms with Crippen LogP contribution in [0.2, 0.25) is 0 Å². The average Bonchev–Trinajstić information content (AvgIpc) is 3.28. The first-order valence-corrected chi connectivity index (χ1v) is 13.2. The highest BCUT2D eigenvalue weighted by atomic mass is 32.2. The van der Waals surface area contributed by atoms with Crippen molar-refractivity contribution in [3.63, 3.8) is 0 Å². The van der Waals surface area contributed by atoms with Gasteiger partial charge in [0.1, 0.15) is 6.04 Å². The molecule has 184 valence electrons. The number of amides is 3. The predicted octanol–water partition coefficient (Wildman–Crippen LogP) is 3.61. The number of carbonyl (C=O) groups excluding carboxylic acids is 3. The molecule has 8 heteroatoms. The molecule has 3 N–H and O–H groups in total.